The van der Waals surface area contributed by atoms with Gasteiger partial charge in [0.25, 0.3) is 0 Å². The summed E-state index contributed by atoms with van der Waals surface area (Å²) >= 11 is 12.3. The molecule has 3 rings (SSSR count). The highest BCUT2D eigenvalue weighted by molar-refractivity contribution is 6.39. The van der Waals surface area contributed by atoms with Crippen LogP contribution in [0.5, 0.6) is 0 Å². The first-order chi connectivity index (χ1) is 10.1. The third kappa shape index (κ3) is 2.41. The van der Waals surface area contributed by atoms with Crippen LogP contribution in [0.3, 0.4) is 0 Å². The average Bonchev–Trinajstić information content (AvgIpc) is 2.91. The standard InChI is InChI=1S/C15H11Cl2N3O/c1-2-20-15-12(8-19-20)13(17)11(7-18-15)14(21)9-4-3-5-10(16)6-9/h3-8H,2H2,1H3. The number of hydrogen-bond acceptors (Lipinski definition) is 3. The molecule has 0 aliphatic rings. The van der Waals surface area contributed by atoms with Crippen molar-refractivity contribution in [2.24, 2.45) is 0 Å². The van der Waals surface area contributed by atoms with Gasteiger partial charge in [0.2, 0.25) is 0 Å². The van der Waals surface area contributed by atoms with E-state index in [4.69, 9.17) is 23.2 Å². The van der Waals surface area contributed by atoms with Gasteiger partial charge < -0.3 is 0 Å². The summed E-state index contributed by atoms with van der Waals surface area (Å²) in [6.07, 6.45) is 3.12. The molecule has 21 heavy (non-hydrogen) atoms. The van der Waals surface area contributed by atoms with E-state index in [1.54, 1.807) is 35.1 Å². The maximum atomic E-state index is 12.5. The van der Waals surface area contributed by atoms with Crippen molar-refractivity contribution in [3.8, 4) is 0 Å². The summed E-state index contributed by atoms with van der Waals surface area (Å²) < 4.78 is 1.73. The van der Waals surface area contributed by atoms with Crippen LogP contribution >= 0.6 is 23.2 Å². The largest absolute Gasteiger partial charge is 0.288 e. The first-order valence-corrected chi connectivity index (χ1v) is 7.17. The van der Waals surface area contributed by atoms with Gasteiger partial charge in [-0.25, -0.2) is 9.67 Å². The Hall–Kier alpha value is -1.91. The van der Waals surface area contributed by atoms with Gasteiger partial charge in [0.15, 0.2) is 11.4 Å². The molecule has 106 valence electrons. The van der Waals surface area contributed by atoms with Crippen molar-refractivity contribution < 1.29 is 4.79 Å². The number of carbonyl (C=O) groups is 1. The second-order valence-corrected chi connectivity index (χ2v) is 5.34. The van der Waals surface area contributed by atoms with E-state index >= 15 is 0 Å². The van der Waals surface area contributed by atoms with Crippen molar-refractivity contribution in [1.29, 1.82) is 0 Å². The predicted molar refractivity (Wildman–Crippen MR) is 83.1 cm³/mol. The van der Waals surface area contributed by atoms with E-state index in [0.29, 0.717) is 38.8 Å². The van der Waals surface area contributed by atoms with E-state index in [2.05, 4.69) is 10.1 Å². The Morgan fingerprint density at radius 2 is 2.10 bits per heavy atom. The number of halogens is 2. The molecule has 2 heterocycles. The van der Waals surface area contributed by atoms with Gasteiger partial charge in [-0.15, -0.1) is 0 Å². The Bertz CT molecular complexity index is 842. The maximum absolute atomic E-state index is 12.5. The smallest absolute Gasteiger partial charge is 0.196 e. The van der Waals surface area contributed by atoms with Gasteiger partial charge in [-0.3, -0.25) is 4.79 Å². The topological polar surface area (TPSA) is 47.8 Å². The molecule has 0 N–H and O–H groups in total. The van der Waals surface area contributed by atoms with E-state index in [1.165, 1.54) is 6.20 Å². The van der Waals surface area contributed by atoms with E-state index in [-0.39, 0.29) is 5.78 Å². The number of rotatable bonds is 3. The van der Waals surface area contributed by atoms with Gasteiger partial charge in [-0.2, -0.15) is 5.10 Å². The van der Waals surface area contributed by atoms with E-state index in [0.717, 1.165) is 0 Å². The fourth-order valence-corrected chi connectivity index (χ4v) is 2.63. The number of fused-ring (bicyclic) bond motifs is 1. The number of aromatic nitrogens is 3. The molecule has 0 saturated carbocycles. The van der Waals surface area contributed by atoms with Gasteiger partial charge in [-0.05, 0) is 19.1 Å². The van der Waals surface area contributed by atoms with Crippen molar-refractivity contribution in [2.45, 2.75) is 13.5 Å². The second kappa shape index (κ2) is 5.47. The molecule has 0 fully saturated rings. The van der Waals surface area contributed by atoms with E-state index in [1.807, 2.05) is 6.92 Å². The number of carbonyl (C=O) groups excluding carboxylic acids is 1. The molecule has 0 unspecified atom stereocenters. The van der Waals surface area contributed by atoms with Crippen molar-refractivity contribution in [2.75, 3.05) is 0 Å². The molecular formula is C15H11Cl2N3O. The number of pyridine rings is 1. The number of benzene rings is 1. The van der Waals surface area contributed by atoms with Gasteiger partial charge in [0, 0.05) is 23.3 Å². The van der Waals surface area contributed by atoms with E-state index in [9.17, 15) is 4.79 Å². The summed E-state index contributed by atoms with van der Waals surface area (Å²) in [6, 6.07) is 6.75. The average molecular weight is 320 g/mol. The van der Waals surface area contributed by atoms with Crippen LogP contribution in [0.2, 0.25) is 10.0 Å². The highest BCUT2D eigenvalue weighted by Gasteiger charge is 2.18. The zero-order chi connectivity index (χ0) is 15.0. The number of aryl methyl sites for hydroxylation is 1. The molecule has 0 atom stereocenters. The monoisotopic (exact) mass is 319 g/mol. The quantitative estimate of drug-likeness (QED) is 0.686. The Morgan fingerprint density at radius 3 is 2.81 bits per heavy atom. The Kier molecular flexibility index (Phi) is 3.66. The molecule has 6 heteroatoms. The minimum absolute atomic E-state index is 0.207. The number of ketones is 1. The van der Waals surface area contributed by atoms with Crippen LogP contribution in [0.15, 0.2) is 36.7 Å². The van der Waals surface area contributed by atoms with Crippen LogP contribution in [0.4, 0.5) is 0 Å². The summed E-state index contributed by atoms with van der Waals surface area (Å²) in [5, 5.41) is 5.74. The Morgan fingerprint density at radius 1 is 1.29 bits per heavy atom. The summed E-state index contributed by atoms with van der Waals surface area (Å²) in [4.78, 5) is 16.8. The van der Waals surface area contributed by atoms with Crippen LogP contribution < -0.4 is 0 Å². The highest BCUT2D eigenvalue weighted by atomic mass is 35.5. The summed E-state index contributed by atoms with van der Waals surface area (Å²) in [6.45, 7) is 2.65. The van der Waals surface area contributed by atoms with Crippen LogP contribution in [0.1, 0.15) is 22.8 Å². The van der Waals surface area contributed by atoms with Crippen LogP contribution in [-0.4, -0.2) is 20.5 Å². The second-order valence-electron chi connectivity index (χ2n) is 4.52. The molecule has 0 aliphatic heterocycles. The molecule has 0 amide bonds. The highest BCUT2D eigenvalue weighted by Crippen LogP contribution is 2.27. The van der Waals surface area contributed by atoms with Crippen molar-refractivity contribution in [3.05, 3.63) is 57.8 Å². The summed E-state index contributed by atoms with van der Waals surface area (Å²) in [5.74, 6) is -0.207. The lowest BCUT2D eigenvalue weighted by Gasteiger charge is -2.05. The molecule has 0 spiro atoms. The maximum Gasteiger partial charge on any atom is 0.196 e. The number of hydrogen-bond donors (Lipinski definition) is 0. The molecular weight excluding hydrogens is 309 g/mol. The Labute approximate surface area is 131 Å². The normalized spacial score (nSPS) is 11.0. The fraction of sp³-hybridized carbons (Fsp3) is 0.133. The first-order valence-electron chi connectivity index (χ1n) is 6.42. The van der Waals surface area contributed by atoms with Crippen molar-refractivity contribution >= 4 is 40.0 Å². The lowest BCUT2D eigenvalue weighted by molar-refractivity contribution is 0.103. The molecule has 0 bridgehead atoms. The summed E-state index contributed by atoms with van der Waals surface area (Å²) in [7, 11) is 0. The van der Waals surface area contributed by atoms with Crippen LogP contribution in [0.25, 0.3) is 11.0 Å². The van der Waals surface area contributed by atoms with E-state index < -0.39 is 0 Å². The van der Waals surface area contributed by atoms with Crippen LogP contribution in [0, 0.1) is 0 Å². The minimum Gasteiger partial charge on any atom is -0.288 e. The lowest BCUT2D eigenvalue weighted by atomic mass is 10.0. The van der Waals surface area contributed by atoms with Crippen LogP contribution in [-0.2, 0) is 6.54 Å². The molecule has 1 aromatic carbocycles. The molecule has 0 saturated heterocycles. The lowest BCUT2D eigenvalue weighted by Crippen LogP contribution is -2.04. The van der Waals surface area contributed by atoms with Gasteiger partial charge >= 0.3 is 0 Å². The zero-order valence-corrected chi connectivity index (χ0v) is 12.7. The third-order valence-corrected chi connectivity index (χ3v) is 3.87. The molecule has 3 aromatic rings. The Balaban J connectivity index is 2.12. The van der Waals surface area contributed by atoms with Crippen molar-refractivity contribution in [3.63, 3.8) is 0 Å². The molecule has 0 aliphatic carbocycles. The SMILES string of the molecule is CCn1ncc2c(Cl)c(C(=O)c3cccc(Cl)c3)cnc21. The summed E-state index contributed by atoms with van der Waals surface area (Å²) in [5.41, 5.74) is 1.50. The van der Waals surface area contributed by atoms with Gasteiger partial charge in [0.1, 0.15) is 0 Å². The molecule has 2 aromatic heterocycles. The first kappa shape index (κ1) is 14.0. The minimum atomic E-state index is -0.207. The molecule has 0 radical (unpaired) electrons. The van der Waals surface area contributed by atoms with Gasteiger partial charge in [-0.1, -0.05) is 35.3 Å². The fourth-order valence-electron chi connectivity index (χ4n) is 2.17. The molecule has 4 nitrogen and oxygen atoms in total. The number of nitrogens with zero attached hydrogens (tertiary/aromatic N) is 3. The predicted octanol–water partition coefficient (Wildman–Crippen LogP) is 3.99. The zero-order valence-electron chi connectivity index (χ0n) is 11.2. The van der Waals surface area contributed by atoms with Gasteiger partial charge in [0.05, 0.1) is 22.2 Å². The third-order valence-electron chi connectivity index (χ3n) is 3.23. The van der Waals surface area contributed by atoms with Crippen molar-refractivity contribution in [1.82, 2.24) is 14.8 Å².